The molecule has 0 unspecified atom stereocenters. The van der Waals surface area contributed by atoms with Crippen molar-refractivity contribution >= 4 is 23.0 Å². The standard InChI is InChI=1S/C18H17N3O5/c1-20-14-9-16(26-3)15(25-2)8-13(14)18(19-10-17(20)22)11-5-4-6-12(7-11)21(23)24/h4-9H,10H2,1-3H3. The second-order valence-electron chi connectivity index (χ2n) is 5.65. The van der Waals surface area contributed by atoms with Crippen molar-refractivity contribution in [3.05, 3.63) is 57.6 Å². The number of non-ortho nitro benzene ring substituents is 1. The van der Waals surface area contributed by atoms with Crippen LogP contribution in [-0.2, 0) is 4.79 Å². The minimum Gasteiger partial charge on any atom is -0.493 e. The highest BCUT2D eigenvalue weighted by Crippen LogP contribution is 2.37. The van der Waals surface area contributed by atoms with Crippen molar-refractivity contribution in [3.63, 3.8) is 0 Å². The molecule has 0 bridgehead atoms. The molecular weight excluding hydrogens is 338 g/mol. The fraction of sp³-hybridized carbons (Fsp3) is 0.222. The van der Waals surface area contributed by atoms with Crippen LogP contribution in [0.5, 0.6) is 11.5 Å². The van der Waals surface area contributed by atoms with Crippen molar-refractivity contribution in [1.82, 2.24) is 0 Å². The molecule has 0 saturated heterocycles. The summed E-state index contributed by atoms with van der Waals surface area (Å²) in [5, 5.41) is 11.1. The maximum absolute atomic E-state index is 12.3. The molecule has 8 nitrogen and oxygen atoms in total. The number of nitrogens with zero attached hydrogens (tertiary/aromatic N) is 3. The number of nitro groups is 1. The molecule has 1 aliphatic heterocycles. The van der Waals surface area contributed by atoms with Gasteiger partial charge in [0.1, 0.15) is 6.54 Å². The van der Waals surface area contributed by atoms with Crippen LogP contribution in [0.4, 0.5) is 11.4 Å². The number of carbonyl (C=O) groups excluding carboxylic acids is 1. The molecule has 134 valence electrons. The van der Waals surface area contributed by atoms with Crippen LogP contribution < -0.4 is 14.4 Å². The van der Waals surface area contributed by atoms with Crippen LogP contribution in [0.25, 0.3) is 0 Å². The number of benzodiazepines with no additional fused rings is 1. The second-order valence-corrected chi connectivity index (χ2v) is 5.65. The molecule has 2 aromatic carbocycles. The first-order valence-electron chi connectivity index (χ1n) is 7.78. The molecule has 0 atom stereocenters. The maximum atomic E-state index is 12.3. The van der Waals surface area contributed by atoms with Crippen LogP contribution in [0.3, 0.4) is 0 Å². The van der Waals surface area contributed by atoms with E-state index in [1.54, 1.807) is 31.3 Å². The average Bonchev–Trinajstić information content (AvgIpc) is 2.77. The Morgan fingerprint density at radius 2 is 1.85 bits per heavy atom. The third kappa shape index (κ3) is 2.97. The Hall–Kier alpha value is -3.42. The van der Waals surface area contributed by atoms with Gasteiger partial charge in [-0.25, -0.2) is 0 Å². The zero-order valence-corrected chi connectivity index (χ0v) is 14.6. The summed E-state index contributed by atoms with van der Waals surface area (Å²) in [7, 11) is 4.68. The Bertz CT molecular complexity index is 923. The minimum absolute atomic E-state index is 0.0452. The van der Waals surface area contributed by atoms with Gasteiger partial charge >= 0.3 is 0 Å². The van der Waals surface area contributed by atoms with E-state index in [-0.39, 0.29) is 18.1 Å². The summed E-state index contributed by atoms with van der Waals surface area (Å²) in [6, 6.07) is 9.59. The van der Waals surface area contributed by atoms with E-state index in [0.717, 1.165) is 0 Å². The number of rotatable bonds is 4. The summed E-state index contributed by atoms with van der Waals surface area (Å²) in [4.78, 5) is 28.9. The molecule has 3 rings (SSSR count). The predicted molar refractivity (Wildman–Crippen MR) is 96.6 cm³/mol. The zero-order valence-electron chi connectivity index (χ0n) is 14.6. The largest absolute Gasteiger partial charge is 0.493 e. The van der Waals surface area contributed by atoms with E-state index in [1.807, 2.05) is 0 Å². The molecule has 0 aromatic heterocycles. The Morgan fingerprint density at radius 1 is 1.15 bits per heavy atom. The molecule has 0 spiro atoms. The number of hydrogen-bond acceptors (Lipinski definition) is 6. The number of aliphatic imine (C=N–C) groups is 1. The lowest BCUT2D eigenvalue weighted by Crippen LogP contribution is -2.27. The number of methoxy groups -OCH3 is 2. The van der Waals surface area contributed by atoms with E-state index >= 15 is 0 Å². The van der Waals surface area contributed by atoms with Gasteiger partial charge < -0.3 is 14.4 Å². The molecule has 2 aromatic rings. The summed E-state index contributed by atoms with van der Waals surface area (Å²) in [6.45, 7) is -0.0617. The van der Waals surface area contributed by atoms with Crippen molar-refractivity contribution in [3.8, 4) is 11.5 Å². The van der Waals surface area contributed by atoms with Gasteiger partial charge in [-0.3, -0.25) is 19.9 Å². The first kappa shape index (κ1) is 17.4. The molecule has 1 aliphatic rings. The number of benzene rings is 2. The number of hydrogen-bond donors (Lipinski definition) is 0. The van der Waals surface area contributed by atoms with E-state index in [0.29, 0.717) is 34.0 Å². The smallest absolute Gasteiger partial charge is 0.270 e. The van der Waals surface area contributed by atoms with Gasteiger partial charge in [-0.15, -0.1) is 0 Å². The van der Waals surface area contributed by atoms with Crippen molar-refractivity contribution in [2.45, 2.75) is 0 Å². The lowest BCUT2D eigenvalue weighted by Gasteiger charge is -2.20. The Balaban J connectivity index is 2.25. The van der Waals surface area contributed by atoms with Crippen LogP contribution in [0.2, 0.25) is 0 Å². The fourth-order valence-corrected chi connectivity index (χ4v) is 2.82. The van der Waals surface area contributed by atoms with E-state index in [4.69, 9.17) is 9.47 Å². The van der Waals surface area contributed by atoms with Gasteiger partial charge in [0.2, 0.25) is 5.91 Å². The first-order valence-corrected chi connectivity index (χ1v) is 7.78. The third-order valence-corrected chi connectivity index (χ3v) is 4.20. The highest BCUT2D eigenvalue weighted by Gasteiger charge is 2.25. The van der Waals surface area contributed by atoms with Gasteiger partial charge in [0, 0.05) is 36.4 Å². The molecule has 26 heavy (non-hydrogen) atoms. The van der Waals surface area contributed by atoms with Crippen LogP contribution in [0.15, 0.2) is 41.4 Å². The lowest BCUT2D eigenvalue weighted by molar-refractivity contribution is -0.384. The minimum atomic E-state index is -0.465. The summed E-state index contributed by atoms with van der Waals surface area (Å²) in [5.74, 6) is 0.761. The second kappa shape index (κ2) is 6.83. The quantitative estimate of drug-likeness (QED) is 0.620. The van der Waals surface area contributed by atoms with Crippen LogP contribution in [0.1, 0.15) is 11.1 Å². The number of anilines is 1. The third-order valence-electron chi connectivity index (χ3n) is 4.20. The lowest BCUT2D eigenvalue weighted by atomic mass is 9.99. The monoisotopic (exact) mass is 355 g/mol. The number of ether oxygens (including phenoxy) is 2. The highest BCUT2D eigenvalue weighted by atomic mass is 16.6. The van der Waals surface area contributed by atoms with E-state index in [9.17, 15) is 14.9 Å². The van der Waals surface area contributed by atoms with Crippen molar-refractivity contribution < 1.29 is 19.2 Å². The first-order chi connectivity index (χ1) is 12.5. The molecule has 0 N–H and O–H groups in total. The van der Waals surface area contributed by atoms with Gasteiger partial charge in [-0.05, 0) is 6.07 Å². The molecule has 0 aliphatic carbocycles. The molecular formula is C18H17N3O5. The number of fused-ring (bicyclic) bond motifs is 1. The summed E-state index contributed by atoms with van der Waals surface area (Å²) in [6.07, 6.45) is 0. The number of carbonyl (C=O) groups is 1. The Kier molecular flexibility index (Phi) is 4.57. The number of amides is 1. The van der Waals surface area contributed by atoms with Gasteiger partial charge in [0.05, 0.1) is 30.5 Å². The molecule has 1 heterocycles. The fourth-order valence-electron chi connectivity index (χ4n) is 2.82. The Morgan fingerprint density at radius 3 is 2.50 bits per heavy atom. The van der Waals surface area contributed by atoms with Gasteiger partial charge in [-0.2, -0.15) is 0 Å². The highest BCUT2D eigenvalue weighted by molar-refractivity contribution is 6.20. The van der Waals surface area contributed by atoms with Gasteiger partial charge in [0.15, 0.2) is 11.5 Å². The Labute approximate surface area is 149 Å². The SMILES string of the molecule is COc1cc2c(cc1OC)N(C)C(=O)CN=C2c1cccc([N+](=O)[O-])c1. The van der Waals surface area contributed by atoms with Crippen LogP contribution in [0, 0.1) is 10.1 Å². The maximum Gasteiger partial charge on any atom is 0.270 e. The van der Waals surface area contributed by atoms with E-state index < -0.39 is 4.92 Å². The van der Waals surface area contributed by atoms with E-state index in [2.05, 4.69) is 4.99 Å². The predicted octanol–water partition coefficient (Wildman–Crippen LogP) is 2.43. The van der Waals surface area contributed by atoms with Gasteiger partial charge in [0.25, 0.3) is 5.69 Å². The number of likely N-dealkylation sites (N-methyl/N-ethyl adjacent to an activating group) is 1. The molecule has 0 saturated carbocycles. The van der Waals surface area contributed by atoms with Gasteiger partial charge in [-0.1, -0.05) is 12.1 Å². The summed E-state index contributed by atoms with van der Waals surface area (Å²) < 4.78 is 10.7. The van der Waals surface area contributed by atoms with Crippen molar-refractivity contribution in [1.29, 1.82) is 0 Å². The summed E-state index contributed by atoms with van der Waals surface area (Å²) >= 11 is 0. The molecule has 0 fully saturated rings. The normalized spacial score (nSPS) is 13.6. The number of nitro benzene ring substituents is 1. The van der Waals surface area contributed by atoms with Crippen molar-refractivity contribution in [2.75, 3.05) is 32.7 Å². The molecule has 0 radical (unpaired) electrons. The molecule has 1 amide bonds. The van der Waals surface area contributed by atoms with Crippen LogP contribution in [-0.4, -0.2) is 44.4 Å². The zero-order chi connectivity index (χ0) is 18.8. The van der Waals surface area contributed by atoms with Crippen LogP contribution >= 0.6 is 0 Å². The van der Waals surface area contributed by atoms with Crippen molar-refractivity contribution in [2.24, 2.45) is 4.99 Å². The topological polar surface area (TPSA) is 94.3 Å². The molecule has 8 heteroatoms. The average molecular weight is 355 g/mol. The summed E-state index contributed by atoms with van der Waals surface area (Å²) in [5.41, 5.74) is 2.22. The van der Waals surface area contributed by atoms with E-state index in [1.165, 1.54) is 31.3 Å².